The van der Waals surface area contributed by atoms with Crippen LogP contribution in [0.4, 0.5) is 5.69 Å². The number of carbonyl (C=O) groups is 3. The van der Waals surface area contributed by atoms with Gasteiger partial charge in [-0.3, -0.25) is 9.59 Å². The minimum atomic E-state index is -1.11. The summed E-state index contributed by atoms with van der Waals surface area (Å²) in [6.45, 7) is 1.75. The number of rotatable bonds is 7. The van der Waals surface area contributed by atoms with Gasteiger partial charge in [0.25, 0.3) is 0 Å². The molecule has 0 radical (unpaired) electrons. The van der Waals surface area contributed by atoms with Crippen molar-refractivity contribution in [1.82, 2.24) is 0 Å². The normalized spacial score (nSPS) is 11.4. The zero-order valence-electron chi connectivity index (χ0n) is 16.3. The number of hydrogen-bond donors (Lipinski definition) is 1. The van der Waals surface area contributed by atoms with Crippen molar-refractivity contribution in [2.24, 2.45) is 0 Å². The molecule has 5 nitrogen and oxygen atoms in total. The van der Waals surface area contributed by atoms with E-state index >= 15 is 0 Å². The van der Waals surface area contributed by atoms with Crippen LogP contribution in [0, 0.1) is 0 Å². The van der Waals surface area contributed by atoms with Crippen LogP contribution in [0.15, 0.2) is 78.9 Å². The molecule has 3 aromatic rings. The molecule has 0 aliphatic rings. The van der Waals surface area contributed by atoms with Gasteiger partial charge < -0.3 is 10.1 Å². The van der Waals surface area contributed by atoms with Crippen LogP contribution in [-0.4, -0.2) is 17.7 Å². The highest BCUT2D eigenvalue weighted by Crippen LogP contribution is 2.26. The summed E-state index contributed by atoms with van der Waals surface area (Å²) in [5.74, 6) is -1.10. The van der Waals surface area contributed by atoms with E-state index in [1.165, 1.54) is 0 Å². The van der Waals surface area contributed by atoms with Crippen molar-refractivity contribution in [3.05, 3.63) is 101 Å². The van der Waals surface area contributed by atoms with Gasteiger partial charge in [-0.2, -0.15) is 0 Å². The number of hydrogen-bond acceptors (Lipinski definition) is 4. The number of anilines is 1. The number of amides is 1. The summed E-state index contributed by atoms with van der Waals surface area (Å²) in [6, 6.07) is 21.5. The number of esters is 1. The summed E-state index contributed by atoms with van der Waals surface area (Å²) in [4.78, 5) is 37.3. The molecule has 3 rings (SSSR count). The number of carbonyl (C=O) groups excluding carboxylic acids is 3. The molecule has 1 amide bonds. The fraction of sp³-hybridized carbons (Fsp3) is 0.125. The molecule has 152 valence electrons. The van der Waals surface area contributed by atoms with Gasteiger partial charge in [0.2, 0.25) is 11.7 Å². The Balaban J connectivity index is 1.83. The van der Waals surface area contributed by atoms with Gasteiger partial charge >= 0.3 is 5.97 Å². The van der Waals surface area contributed by atoms with Gasteiger partial charge in [0.1, 0.15) is 0 Å². The molecule has 1 N–H and O–H groups in total. The molecule has 0 aliphatic heterocycles. The summed E-state index contributed by atoms with van der Waals surface area (Å²) >= 11 is 5.95. The Hall–Kier alpha value is -3.44. The second-order valence-corrected chi connectivity index (χ2v) is 6.98. The van der Waals surface area contributed by atoms with Crippen molar-refractivity contribution in [3.8, 4) is 0 Å². The van der Waals surface area contributed by atoms with Crippen molar-refractivity contribution >= 4 is 34.9 Å². The Morgan fingerprint density at radius 2 is 1.50 bits per heavy atom. The van der Waals surface area contributed by atoms with Gasteiger partial charge in [-0.25, -0.2) is 4.79 Å². The Kier molecular flexibility index (Phi) is 6.99. The highest BCUT2D eigenvalue weighted by Gasteiger charge is 2.26. The number of benzene rings is 3. The maximum atomic E-state index is 13.0. The molecule has 0 aromatic heterocycles. The van der Waals surface area contributed by atoms with Crippen molar-refractivity contribution in [2.45, 2.75) is 19.4 Å². The second-order valence-electron chi connectivity index (χ2n) is 6.55. The lowest BCUT2D eigenvalue weighted by molar-refractivity contribution is -0.115. The lowest BCUT2D eigenvalue weighted by atomic mass is 9.99. The lowest BCUT2D eigenvalue weighted by Gasteiger charge is -2.18. The summed E-state index contributed by atoms with van der Waals surface area (Å²) in [5.41, 5.74) is 1.80. The van der Waals surface area contributed by atoms with Gasteiger partial charge in [0.15, 0.2) is 6.10 Å². The molecule has 0 unspecified atom stereocenters. The summed E-state index contributed by atoms with van der Waals surface area (Å²) < 4.78 is 5.60. The van der Waals surface area contributed by atoms with Crippen molar-refractivity contribution in [3.63, 3.8) is 0 Å². The Labute approximate surface area is 179 Å². The first-order chi connectivity index (χ1) is 14.5. The lowest BCUT2D eigenvalue weighted by Crippen LogP contribution is -2.20. The maximum absolute atomic E-state index is 13.0. The van der Waals surface area contributed by atoms with Crippen molar-refractivity contribution < 1.29 is 19.1 Å². The van der Waals surface area contributed by atoms with Gasteiger partial charge in [0.05, 0.1) is 5.56 Å². The van der Waals surface area contributed by atoms with Gasteiger partial charge in [0, 0.05) is 28.3 Å². The predicted octanol–water partition coefficient (Wildman–Crippen LogP) is 5.47. The third-order valence-corrected chi connectivity index (χ3v) is 4.67. The first-order valence-corrected chi connectivity index (χ1v) is 9.81. The second kappa shape index (κ2) is 9.85. The van der Waals surface area contributed by atoms with E-state index in [1.54, 1.807) is 85.8 Å². The van der Waals surface area contributed by atoms with E-state index in [2.05, 4.69) is 5.32 Å². The number of ketones is 1. The summed E-state index contributed by atoms with van der Waals surface area (Å²) in [5, 5.41) is 3.23. The number of Topliss-reactive ketones (excluding diaryl/α,β-unsaturated/α-hetero) is 1. The third kappa shape index (κ3) is 5.33. The van der Waals surface area contributed by atoms with Crippen LogP contribution in [0.3, 0.4) is 0 Å². The fourth-order valence-electron chi connectivity index (χ4n) is 2.78. The zero-order chi connectivity index (χ0) is 21.5. The Morgan fingerprint density at radius 3 is 2.10 bits per heavy atom. The third-order valence-electron chi connectivity index (χ3n) is 4.42. The SMILES string of the molecule is CCC(=O)Nc1ccc(C(=O)O[C@@H](C(=O)c2ccccc2)c2ccc(Cl)cc2)cc1. The van der Waals surface area contributed by atoms with Crippen molar-refractivity contribution in [2.75, 3.05) is 5.32 Å². The largest absolute Gasteiger partial charge is 0.445 e. The molecule has 1 atom stereocenters. The van der Waals surface area contributed by atoms with E-state index in [0.29, 0.717) is 28.3 Å². The maximum Gasteiger partial charge on any atom is 0.339 e. The number of nitrogens with one attached hydrogen (secondary N) is 1. The quantitative estimate of drug-likeness (QED) is 0.405. The average molecular weight is 422 g/mol. The highest BCUT2D eigenvalue weighted by atomic mass is 35.5. The van der Waals surface area contributed by atoms with E-state index in [9.17, 15) is 14.4 Å². The molecule has 0 heterocycles. The topological polar surface area (TPSA) is 72.5 Å². The Morgan fingerprint density at radius 1 is 0.867 bits per heavy atom. The van der Waals surface area contributed by atoms with Crippen LogP contribution in [0.5, 0.6) is 0 Å². The predicted molar refractivity (Wildman–Crippen MR) is 116 cm³/mol. The van der Waals surface area contributed by atoms with Crippen LogP contribution in [0.2, 0.25) is 5.02 Å². The summed E-state index contributed by atoms with van der Waals surface area (Å²) in [7, 11) is 0. The molecule has 0 fully saturated rings. The standard InChI is InChI=1S/C24H20ClNO4/c1-2-21(27)26-20-14-10-18(11-15-20)24(29)30-23(17-8-12-19(25)13-9-17)22(28)16-6-4-3-5-7-16/h3-15,23H,2H2,1H3,(H,26,27)/t23-/m1/s1. The Bertz CT molecular complexity index is 1030. The summed E-state index contributed by atoms with van der Waals surface area (Å²) in [6.07, 6.45) is -0.759. The van der Waals surface area contributed by atoms with Crippen LogP contribution in [0.25, 0.3) is 0 Å². The zero-order valence-corrected chi connectivity index (χ0v) is 17.1. The minimum Gasteiger partial charge on any atom is -0.445 e. The van der Waals surface area contributed by atoms with Crippen molar-refractivity contribution in [1.29, 1.82) is 0 Å². The van der Waals surface area contributed by atoms with Crippen LogP contribution >= 0.6 is 11.6 Å². The average Bonchev–Trinajstić information content (AvgIpc) is 2.78. The van der Waals surface area contributed by atoms with Gasteiger partial charge in [-0.05, 0) is 36.4 Å². The highest BCUT2D eigenvalue weighted by molar-refractivity contribution is 6.30. The van der Waals surface area contributed by atoms with E-state index < -0.39 is 12.1 Å². The molecule has 0 bridgehead atoms. The molecule has 3 aromatic carbocycles. The van der Waals surface area contributed by atoms with Crippen LogP contribution < -0.4 is 5.32 Å². The number of halogens is 1. The molecule has 6 heteroatoms. The molecule has 0 saturated carbocycles. The van der Waals surface area contributed by atoms with Gasteiger partial charge in [-0.15, -0.1) is 0 Å². The van der Waals surface area contributed by atoms with Crippen LogP contribution in [0.1, 0.15) is 45.7 Å². The number of ether oxygens (including phenoxy) is 1. The minimum absolute atomic E-state index is 0.124. The monoisotopic (exact) mass is 421 g/mol. The first-order valence-electron chi connectivity index (χ1n) is 9.43. The molecular formula is C24H20ClNO4. The molecule has 30 heavy (non-hydrogen) atoms. The first kappa shape index (κ1) is 21.3. The fourth-order valence-corrected chi connectivity index (χ4v) is 2.90. The van der Waals surface area contributed by atoms with Gasteiger partial charge in [-0.1, -0.05) is 61.0 Å². The molecule has 0 spiro atoms. The van der Waals surface area contributed by atoms with E-state index in [-0.39, 0.29) is 17.3 Å². The smallest absolute Gasteiger partial charge is 0.339 e. The molecule has 0 aliphatic carbocycles. The van der Waals surface area contributed by atoms with E-state index in [4.69, 9.17) is 16.3 Å². The van der Waals surface area contributed by atoms with E-state index in [0.717, 1.165) is 0 Å². The van der Waals surface area contributed by atoms with E-state index in [1.807, 2.05) is 0 Å². The molecular weight excluding hydrogens is 402 g/mol. The molecule has 0 saturated heterocycles. The van der Waals surface area contributed by atoms with Crippen LogP contribution in [-0.2, 0) is 9.53 Å².